The molecule has 1 aromatic rings. The van der Waals surface area contributed by atoms with E-state index in [1.54, 1.807) is 38.4 Å². The highest BCUT2D eigenvalue weighted by atomic mass is 16.5. The minimum absolute atomic E-state index is 0.0239. The summed E-state index contributed by atoms with van der Waals surface area (Å²) in [5.74, 6) is 0.577. The highest BCUT2D eigenvalue weighted by Crippen LogP contribution is 2.12. The van der Waals surface area contributed by atoms with E-state index in [1.165, 1.54) is 0 Å². The van der Waals surface area contributed by atoms with Crippen molar-refractivity contribution in [2.24, 2.45) is 0 Å². The topological polar surface area (TPSA) is 54.5 Å². The van der Waals surface area contributed by atoms with Crippen LogP contribution in [-0.4, -0.2) is 43.0 Å². The minimum Gasteiger partial charge on any atom is -0.481 e. The zero-order valence-corrected chi connectivity index (χ0v) is 10.0. The predicted octanol–water partition coefficient (Wildman–Crippen LogP) is 0.979. The number of carbonyl (C=O) groups is 1. The Balaban J connectivity index is 2.62. The number of carbonyl (C=O) groups excluding carboxylic acids is 1. The van der Waals surface area contributed by atoms with Gasteiger partial charge < -0.3 is 15.0 Å². The van der Waals surface area contributed by atoms with Crippen LogP contribution in [0.3, 0.4) is 0 Å². The van der Waals surface area contributed by atoms with Gasteiger partial charge in [0.25, 0.3) is 0 Å². The fourth-order valence-corrected chi connectivity index (χ4v) is 1.29. The Labute approximate surface area is 95.4 Å². The van der Waals surface area contributed by atoms with E-state index in [0.717, 1.165) is 5.69 Å². The summed E-state index contributed by atoms with van der Waals surface area (Å²) in [7, 11) is 5.02. The van der Waals surface area contributed by atoms with Gasteiger partial charge in [0.05, 0.1) is 19.0 Å². The smallest absolute Gasteiger partial charge is 0.244 e. The maximum Gasteiger partial charge on any atom is 0.244 e. The first kappa shape index (κ1) is 12.3. The zero-order chi connectivity index (χ0) is 12.1. The van der Waals surface area contributed by atoms with E-state index < -0.39 is 0 Å². The summed E-state index contributed by atoms with van der Waals surface area (Å²) in [6.07, 6.45) is 1.64. The molecule has 88 valence electrons. The molecule has 0 fully saturated rings. The van der Waals surface area contributed by atoms with Crippen LogP contribution in [0.4, 0.5) is 5.69 Å². The first-order valence-corrected chi connectivity index (χ1v) is 5.02. The summed E-state index contributed by atoms with van der Waals surface area (Å²) in [6.45, 7) is 1.81. The minimum atomic E-state index is -0.273. The Kier molecular flexibility index (Phi) is 4.10. The van der Waals surface area contributed by atoms with Gasteiger partial charge in [-0.15, -0.1) is 0 Å². The molecule has 0 spiro atoms. The Morgan fingerprint density at radius 1 is 1.50 bits per heavy atom. The van der Waals surface area contributed by atoms with Crippen LogP contribution < -0.4 is 10.1 Å². The summed E-state index contributed by atoms with van der Waals surface area (Å²) >= 11 is 0. The Morgan fingerprint density at radius 3 is 2.62 bits per heavy atom. The van der Waals surface area contributed by atoms with Crippen LogP contribution in [0, 0.1) is 0 Å². The largest absolute Gasteiger partial charge is 0.481 e. The predicted molar refractivity (Wildman–Crippen MR) is 62.6 cm³/mol. The first-order valence-electron chi connectivity index (χ1n) is 5.02. The number of pyridine rings is 1. The van der Waals surface area contributed by atoms with Crippen molar-refractivity contribution in [1.82, 2.24) is 9.88 Å². The number of methoxy groups -OCH3 is 1. The van der Waals surface area contributed by atoms with Gasteiger partial charge in [0.1, 0.15) is 6.04 Å². The van der Waals surface area contributed by atoms with E-state index in [1.807, 2.05) is 13.0 Å². The van der Waals surface area contributed by atoms with Crippen LogP contribution in [-0.2, 0) is 4.79 Å². The lowest BCUT2D eigenvalue weighted by atomic mass is 10.3. The third-order valence-electron chi connectivity index (χ3n) is 2.14. The number of rotatable bonds is 4. The quantitative estimate of drug-likeness (QED) is 0.826. The second-order valence-electron chi connectivity index (χ2n) is 3.69. The molecule has 0 saturated carbocycles. The number of hydrogen-bond donors (Lipinski definition) is 1. The molecule has 0 radical (unpaired) electrons. The average molecular weight is 223 g/mol. The monoisotopic (exact) mass is 223 g/mol. The van der Waals surface area contributed by atoms with Gasteiger partial charge in [-0.05, 0) is 13.0 Å². The van der Waals surface area contributed by atoms with E-state index in [9.17, 15) is 4.79 Å². The number of nitrogens with one attached hydrogen (secondary N) is 1. The number of likely N-dealkylation sites (N-methyl/N-ethyl adjacent to an activating group) is 1. The van der Waals surface area contributed by atoms with Crippen molar-refractivity contribution in [1.29, 1.82) is 0 Å². The molecule has 0 aliphatic rings. The van der Waals surface area contributed by atoms with Crippen LogP contribution in [0.2, 0.25) is 0 Å². The first-order chi connectivity index (χ1) is 7.54. The zero-order valence-electron chi connectivity index (χ0n) is 10.0. The van der Waals surface area contributed by atoms with Crippen LogP contribution in [0.1, 0.15) is 6.92 Å². The number of hydrogen-bond acceptors (Lipinski definition) is 4. The molecule has 1 unspecified atom stereocenters. The van der Waals surface area contributed by atoms with Gasteiger partial charge in [0.15, 0.2) is 0 Å². The molecule has 0 aliphatic heterocycles. The van der Waals surface area contributed by atoms with Gasteiger partial charge in [-0.1, -0.05) is 0 Å². The van der Waals surface area contributed by atoms with E-state index in [2.05, 4.69) is 10.3 Å². The molecule has 1 N–H and O–H groups in total. The van der Waals surface area contributed by atoms with E-state index in [-0.39, 0.29) is 11.9 Å². The van der Waals surface area contributed by atoms with Gasteiger partial charge >= 0.3 is 0 Å². The molecule has 5 heteroatoms. The second kappa shape index (κ2) is 5.34. The van der Waals surface area contributed by atoms with Crippen molar-refractivity contribution in [2.75, 3.05) is 26.5 Å². The number of aromatic nitrogens is 1. The number of ether oxygens (including phenoxy) is 1. The molecule has 5 nitrogen and oxygen atoms in total. The second-order valence-corrected chi connectivity index (χ2v) is 3.69. The molecule has 0 bridgehead atoms. The molecule has 1 atom stereocenters. The van der Waals surface area contributed by atoms with Crippen LogP contribution in [0.15, 0.2) is 18.3 Å². The van der Waals surface area contributed by atoms with Gasteiger partial charge in [-0.3, -0.25) is 4.79 Å². The fraction of sp³-hybridized carbons (Fsp3) is 0.455. The average Bonchev–Trinajstić information content (AvgIpc) is 2.28. The molecule has 1 amide bonds. The lowest BCUT2D eigenvalue weighted by Gasteiger charge is -2.18. The summed E-state index contributed by atoms with van der Waals surface area (Å²) in [5.41, 5.74) is 0.795. The summed E-state index contributed by atoms with van der Waals surface area (Å²) < 4.78 is 4.95. The normalized spacial score (nSPS) is 11.8. The number of amides is 1. The number of nitrogens with zero attached hydrogens (tertiary/aromatic N) is 2. The molecule has 0 saturated heterocycles. The van der Waals surface area contributed by atoms with Crippen LogP contribution in [0.25, 0.3) is 0 Å². The molecule has 0 aromatic carbocycles. The molecular formula is C11H17N3O2. The Bertz CT molecular complexity index is 349. The lowest BCUT2D eigenvalue weighted by molar-refractivity contribution is -0.129. The van der Waals surface area contributed by atoms with Gasteiger partial charge in [0.2, 0.25) is 11.8 Å². The van der Waals surface area contributed by atoms with Crippen molar-refractivity contribution >= 4 is 11.6 Å². The van der Waals surface area contributed by atoms with Crippen molar-refractivity contribution in [2.45, 2.75) is 13.0 Å². The lowest BCUT2D eigenvalue weighted by Crippen LogP contribution is -2.36. The SMILES string of the molecule is COc1ccc(NC(C)C(=O)N(C)C)cn1. The van der Waals surface area contributed by atoms with Crippen molar-refractivity contribution in [3.05, 3.63) is 18.3 Å². The maximum atomic E-state index is 11.6. The highest BCUT2D eigenvalue weighted by Gasteiger charge is 2.14. The van der Waals surface area contributed by atoms with E-state index >= 15 is 0 Å². The summed E-state index contributed by atoms with van der Waals surface area (Å²) in [4.78, 5) is 17.2. The number of anilines is 1. The molecule has 1 aromatic heterocycles. The Morgan fingerprint density at radius 2 is 2.19 bits per heavy atom. The van der Waals surface area contributed by atoms with Crippen LogP contribution in [0.5, 0.6) is 5.88 Å². The van der Waals surface area contributed by atoms with E-state index in [4.69, 9.17) is 4.74 Å². The molecule has 0 aliphatic carbocycles. The highest BCUT2D eigenvalue weighted by molar-refractivity contribution is 5.83. The summed E-state index contributed by atoms with van der Waals surface area (Å²) in [5, 5.41) is 3.07. The van der Waals surface area contributed by atoms with Gasteiger partial charge in [-0.25, -0.2) is 4.98 Å². The maximum absolute atomic E-state index is 11.6. The third-order valence-corrected chi connectivity index (χ3v) is 2.14. The van der Waals surface area contributed by atoms with Crippen molar-refractivity contribution in [3.63, 3.8) is 0 Å². The van der Waals surface area contributed by atoms with Crippen molar-refractivity contribution < 1.29 is 9.53 Å². The third kappa shape index (κ3) is 3.12. The summed E-state index contributed by atoms with van der Waals surface area (Å²) in [6, 6.07) is 3.30. The van der Waals surface area contributed by atoms with Crippen molar-refractivity contribution in [3.8, 4) is 5.88 Å². The molecule has 16 heavy (non-hydrogen) atoms. The standard InChI is InChI=1S/C11H17N3O2/c1-8(11(15)14(2)3)13-9-5-6-10(16-4)12-7-9/h5-8,13H,1-4H3. The van der Waals surface area contributed by atoms with E-state index in [0.29, 0.717) is 5.88 Å². The molecule has 1 rings (SSSR count). The fourth-order valence-electron chi connectivity index (χ4n) is 1.29. The van der Waals surface area contributed by atoms with Crippen LogP contribution >= 0.6 is 0 Å². The molecular weight excluding hydrogens is 206 g/mol. The van der Waals surface area contributed by atoms with Gasteiger partial charge in [-0.2, -0.15) is 0 Å². The van der Waals surface area contributed by atoms with Gasteiger partial charge in [0, 0.05) is 20.2 Å². The molecule has 1 heterocycles. The Hall–Kier alpha value is -1.78.